The molecule has 0 bridgehead atoms. The van der Waals surface area contributed by atoms with Crippen molar-refractivity contribution in [2.75, 3.05) is 12.3 Å². The predicted molar refractivity (Wildman–Crippen MR) is 83.0 cm³/mol. The number of nitrogen functional groups attached to an aromatic ring is 1. The number of thiophene rings is 1. The first-order valence-corrected chi connectivity index (χ1v) is 7.75. The molecule has 1 aliphatic rings. The molecule has 2 N–H and O–H groups in total. The summed E-state index contributed by atoms with van der Waals surface area (Å²) in [5.41, 5.74) is 9.21. The third-order valence-corrected chi connectivity index (χ3v) is 5.03. The number of rotatable bonds is 2. The van der Waals surface area contributed by atoms with E-state index in [1.165, 1.54) is 10.4 Å². The number of anilines is 1. The quantitative estimate of drug-likeness (QED) is 0.862. The van der Waals surface area contributed by atoms with E-state index in [-0.39, 0.29) is 5.91 Å². The van der Waals surface area contributed by atoms with Crippen molar-refractivity contribution in [1.29, 1.82) is 0 Å². The van der Waals surface area contributed by atoms with Crippen molar-refractivity contribution in [3.8, 4) is 0 Å². The smallest absolute Gasteiger partial charge is 0.264 e. The fraction of sp³-hybridized carbons (Fsp3) is 0.312. The SMILES string of the molecule is CCc1ccc(C(=O)N2CCc3cccc(N)c3C2)s1. The first-order valence-electron chi connectivity index (χ1n) is 6.93. The zero-order valence-electron chi connectivity index (χ0n) is 11.6. The molecule has 0 fully saturated rings. The van der Waals surface area contributed by atoms with Gasteiger partial charge in [0.2, 0.25) is 0 Å². The lowest BCUT2D eigenvalue weighted by atomic mass is 9.98. The van der Waals surface area contributed by atoms with Crippen LogP contribution in [0.15, 0.2) is 30.3 Å². The normalized spacial score (nSPS) is 14.2. The minimum absolute atomic E-state index is 0.128. The fourth-order valence-electron chi connectivity index (χ4n) is 2.62. The van der Waals surface area contributed by atoms with Crippen molar-refractivity contribution >= 4 is 22.9 Å². The van der Waals surface area contributed by atoms with Crippen LogP contribution in [0.2, 0.25) is 0 Å². The molecule has 3 nitrogen and oxygen atoms in total. The second-order valence-electron chi connectivity index (χ2n) is 5.08. The summed E-state index contributed by atoms with van der Waals surface area (Å²) in [5, 5.41) is 0. The van der Waals surface area contributed by atoms with Crippen molar-refractivity contribution in [2.45, 2.75) is 26.3 Å². The first kappa shape index (κ1) is 13.2. The summed E-state index contributed by atoms with van der Waals surface area (Å²) in [6.07, 6.45) is 1.87. The number of benzene rings is 1. The molecular weight excluding hydrogens is 268 g/mol. The first-order chi connectivity index (χ1) is 9.69. The average molecular weight is 286 g/mol. The van der Waals surface area contributed by atoms with Crippen LogP contribution >= 0.6 is 11.3 Å². The van der Waals surface area contributed by atoms with Crippen LogP contribution in [0.3, 0.4) is 0 Å². The molecule has 0 unspecified atom stereocenters. The number of fused-ring (bicyclic) bond motifs is 1. The molecule has 1 aromatic carbocycles. The van der Waals surface area contributed by atoms with Crippen LogP contribution < -0.4 is 5.73 Å². The van der Waals surface area contributed by atoms with Crippen LogP contribution in [-0.4, -0.2) is 17.4 Å². The molecule has 0 saturated heterocycles. The molecule has 4 heteroatoms. The van der Waals surface area contributed by atoms with Crippen LogP contribution in [0.1, 0.15) is 32.6 Å². The molecule has 3 rings (SSSR count). The van der Waals surface area contributed by atoms with Crippen molar-refractivity contribution in [3.63, 3.8) is 0 Å². The van der Waals surface area contributed by atoms with E-state index >= 15 is 0 Å². The summed E-state index contributed by atoms with van der Waals surface area (Å²) in [6.45, 7) is 3.51. The van der Waals surface area contributed by atoms with Crippen LogP contribution in [0.4, 0.5) is 5.69 Å². The summed E-state index contributed by atoms with van der Waals surface area (Å²) in [5.74, 6) is 0.128. The highest BCUT2D eigenvalue weighted by atomic mass is 32.1. The van der Waals surface area contributed by atoms with Crippen LogP contribution in [0.5, 0.6) is 0 Å². The Kier molecular flexibility index (Phi) is 3.49. The third kappa shape index (κ3) is 2.31. The Morgan fingerprint density at radius 3 is 2.95 bits per heavy atom. The van der Waals surface area contributed by atoms with Gasteiger partial charge in [0.15, 0.2) is 0 Å². The van der Waals surface area contributed by atoms with Gasteiger partial charge in [0.25, 0.3) is 5.91 Å². The molecule has 0 radical (unpaired) electrons. The van der Waals surface area contributed by atoms with E-state index in [2.05, 4.69) is 13.0 Å². The lowest BCUT2D eigenvalue weighted by Gasteiger charge is -2.29. The molecule has 1 amide bonds. The zero-order chi connectivity index (χ0) is 14.1. The summed E-state index contributed by atoms with van der Waals surface area (Å²) >= 11 is 1.60. The number of carbonyl (C=O) groups excluding carboxylic acids is 1. The van der Waals surface area contributed by atoms with Gasteiger partial charge < -0.3 is 10.6 Å². The Bertz CT molecular complexity index is 648. The Balaban J connectivity index is 1.83. The largest absolute Gasteiger partial charge is 0.398 e. The minimum atomic E-state index is 0.128. The van der Waals surface area contributed by atoms with Gasteiger partial charge in [-0.1, -0.05) is 19.1 Å². The van der Waals surface area contributed by atoms with Gasteiger partial charge in [0.05, 0.1) is 4.88 Å². The highest BCUT2D eigenvalue weighted by molar-refractivity contribution is 7.14. The van der Waals surface area contributed by atoms with Crippen LogP contribution in [0, 0.1) is 0 Å². The topological polar surface area (TPSA) is 46.3 Å². The van der Waals surface area contributed by atoms with Gasteiger partial charge in [-0.15, -0.1) is 11.3 Å². The molecule has 0 spiro atoms. The second kappa shape index (κ2) is 5.29. The maximum Gasteiger partial charge on any atom is 0.264 e. The average Bonchev–Trinajstić information content (AvgIpc) is 2.95. The molecule has 2 aromatic rings. The maximum atomic E-state index is 12.5. The number of carbonyl (C=O) groups is 1. The molecule has 0 aliphatic carbocycles. The van der Waals surface area contributed by atoms with E-state index in [0.717, 1.165) is 35.5 Å². The number of aryl methyl sites for hydroxylation is 1. The monoisotopic (exact) mass is 286 g/mol. The molecule has 0 saturated carbocycles. The van der Waals surface area contributed by atoms with Gasteiger partial charge in [0, 0.05) is 23.7 Å². The number of nitrogens with two attached hydrogens (primary N) is 1. The number of hydrogen-bond acceptors (Lipinski definition) is 3. The Labute approximate surface area is 123 Å². The van der Waals surface area contributed by atoms with Gasteiger partial charge in [-0.25, -0.2) is 0 Å². The maximum absolute atomic E-state index is 12.5. The van der Waals surface area contributed by atoms with Gasteiger partial charge in [-0.3, -0.25) is 4.79 Å². The van der Waals surface area contributed by atoms with Gasteiger partial charge in [-0.05, 0) is 42.2 Å². The lowest BCUT2D eigenvalue weighted by Crippen LogP contribution is -2.35. The second-order valence-corrected chi connectivity index (χ2v) is 6.25. The van der Waals surface area contributed by atoms with Crippen molar-refractivity contribution < 1.29 is 4.79 Å². The van der Waals surface area contributed by atoms with Crippen molar-refractivity contribution in [2.24, 2.45) is 0 Å². The van der Waals surface area contributed by atoms with Gasteiger partial charge in [0.1, 0.15) is 0 Å². The van der Waals surface area contributed by atoms with E-state index < -0.39 is 0 Å². The standard InChI is InChI=1S/C16H18N2OS/c1-2-12-6-7-15(20-12)16(19)18-9-8-11-4-3-5-14(17)13(11)10-18/h3-7H,2,8-10,17H2,1H3. The van der Waals surface area contributed by atoms with Crippen LogP contribution in [-0.2, 0) is 19.4 Å². The van der Waals surface area contributed by atoms with Gasteiger partial charge >= 0.3 is 0 Å². The molecule has 1 aliphatic heterocycles. The van der Waals surface area contributed by atoms with Crippen LogP contribution in [0.25, 0.3) is 0 Å². The summed E-state index contributed by atoms with van der Waals surface area (Å²) in [6, 6.07) is 9.99. The Morgan fingerprint density at radius 1 is 1.35 bits per heavy atom. The van der Waals surface area contributed by atoms with Gasteiger partial charge in [-0.2, -0.15) is 0 Å². The van der Waals surface area contributed by atoms with E-state index in [0.29, 0.717) is 6.54 Å². The Morgan fingerprint density at radius 2 is 2.20 bits per heavy atom. The number of amides is 1. The summed E-state index contributed by atoms with van der Waals surface area (Å²) in [7, 11) is 0. The molecule has 2 heterocycles. The third-order valence-electron chi connectivity index (χ3n) is 3.82. The molecule has 0 atom stereocenters. The minimum Gasteiger partial charge on any atom is -0.398 e. The highest BCUT2D eigenvalue weighted by Crippen LogP contribution is 2.26. The molecule has 104 valence electrons. The van der Waals surface area contributed by atoms with E-state index in [1.807, 2.05) is 29.2 Å². The zero-order valence-corrected chi connectivity index (χ0v) is 12.4. The molecule has 1 aromatic heterocycles. The van der Waals surface area contributed by atoms with Crippen molar-refractivity contribution in [3.05, 3.63) is 51.2 Å². The van der Waals surface area contributed by atoms with E-state index in [1.54, 1.807) is 11.3 Å². The van der Waals surface area contributed by atoms with Crippen molar-refractivity contribution in [1.82, 2.24) is 4.90 Å². The van der Waals surface area contributed by atoms with E-state index in [9.17, 15) is 4.79 Å². The number of nitrogens with zero attached hydrogens (tertiary/aromatic N) is 1. The predicted octanol–water partition coefficient (Wildman–Crippen LogP) is 3.09. The summed E-state index contributed by atoms with van der Waals surface area (Å²) in [4.78, 5) is 16.5. The number of hydrogen-bond donors (Lipinski definition) is 1. The molecule has 20 heavy (non-hydrogen) atoms. The lowest BCUT2D eigenvalue weighted by molar-refractivity contribution is 0.0740. The summed E-state index contributed by atoms with van der Waals surface area (Å²) < 4.78 is 0. The fourth-order valence-corrected chi connectivity index (χ4v) is 3.53. The van der Waals surface area contributed by atoms with E-state index in [4.69, 9.17) is 5.73 Å². The Hall–Kier alpha value is -1.81. The molecular formula is C16H18N2OS. The highest BCUT2D eigenvalue weighted by Gasteiger charge is 2.23.